The quantitative estimate of drug-likeness (QED) is 0.859. The molecule has 1 aromatic carbocycles. The number of aliphatic hydroxyl groups excluding tert-OH is 1. The summed E-state index contributed by atoms with van der Waals surface area (Å²) < 4.78 is 62.8. The topological polar surface area (TPSA) is 33.1 Å². The highest BCUT2D eigenvalue weighted by Crippen LogP contribution is 2.30. The zero-order valence-corrected chi connectivity index (χ0v) is 9.83. The number of alkyl halides is 3. The number of nitrogens with zero attached hydrogens (tertiary/aromatic N) is 1. The van der Waals surface area contributed by atoms with E-state index in [1.165, 1.54) is 0 Å². The Morgan fingerprint density at radius 3 is 2.20 bits per heavy atom. The second kappa shape index (κ2) is 5.16. The van der Waals surface area contributed by atoms with Crippen molar-refractivity contribution >= 4 is 0 Å². The van der Waals surface area contributed by atoms with Gasteiger partial charge in [-0.15, -0.1) is 0 Å². The Bertz CT molecular complexity index is 609. The SMILES string of the molecule is OC(c1ccc(F)c(F)c1)c1ccc(C(F)(F)F)cn1. The van der Waals surface area contributed by atoms with E-state index in [0.717, 1.165) is 30.3 Å². The monoisotopic (exact) mass is 289 g/mol. The van der Waals surface area contributed by atoms with Gasteiger partial charge in [-0.3, -0.25) is 4.98 Å². The van der Waals surface area contributed by atoms with E-state index in [1.807, 2.05) is 0 Å². The fourth-order valence-electron chi connectivity index (χ4n) is 1.59. The second-order valence-electron chi connectivity index (χ2n) is 4.05. The van der Waals surface area contributed by atoms with Crippen molar-refractivity contribution in [2.45, 2.75) is 12.3 Å². The molecule has 0 aliphatic heterocycles. The Morgan fingerprint density at radius 2 is 1.70 bits per heavy atom. The van der Waals surface area contributed by atoms with Crippen LogP contribution in [0.15, 0.2) is 36.5 Å². The third-order valence-corrected chi connectivity index (χ3v) is 2.65. The summed E-state index contributed by atoms with van der Waals surface area (Å²) in [5, 5.41) is 9.87. The smallest absolute Gasteiger partial charge is 0.382 e. The Labute approximate surface area is 110 Å². The van der Waals surface area contributed by atoms with E-state index < -0.39 is 29.5 Å². The molecule has 2 rings (SSSR count). The zero-order valence-electron chi connectivity index (χ0n) is 9.83. The number of halogens is 5. The van der Waals surface area contributed by atoms with Crippen molar-refractivity contribution in [2.24, 2.45) is 0 Å². The molecule has 0 saturated carbocycles. The van der Waals surface area contributed by atoms with Crippen molar-refractivity contribution in [3.63, 3.8) is 0 Å². The van der Waals surface area contributed by atoms with E-state index in [0.29, 0.717) is 6.20 Å². The minimum atomic E-state index is -4.53. The Balaban J connectivity index is 2.29. The van der Waals surface area contributed by atoms with E-state index in [1.54, 1.807) is 0 Å². The molecule has 2 aromatic rings. The summed E-state index contributed by atoms with van der Waals surface area (Å²) >= 11 is 0. The predicted octanol–water partition coefficient (Wildman–Crippen LogP) is 3.46. The third kappa shape index (κ3) is 2.93. The first-order chi connectivity index (χ1) is 9.29. The lowest BCUT2D eigenvalue weighted by molar-refractivity contribution is -0.137. The van der Waals surface area contributed by atoms with E-state index in [4.69, 9.17) is 0 Å². The van der Waals surface area contributed by atoms with E-state index in [9.17, 15) is 27.1 Å². The molecule has 0 radical (unpaired) electrons. The number of hydrogen-bond donors (Lipinski definition) is 1. The number of benzene rings is 1. The Kier molecular flexibility index (Phi) is 3.71. The molecule has 106 valence electrons. The van der Waals surface area contributed by atoms with Crippen LogP contribution in [0.25, 0.3) is 0 Å². The molecule has 0 aliphatic carbocycles. The minimum absolute atomic E-state index is 0.00356. The Hall–Kier alpha value is -2.02. The largest absolute Gasteiger partial charge is 0.417 e. The standard InChI is InChI=1S/C13H8F5NO/c14-9-3-1-7(5-10(9)15)12(20)11-4-2-8(6-19-11)13(16,17)18/h1-6,12,20H. The van der Waals surface area contributed by atoms with Gasteiger partial charge in [0.25, 0.3) is 0 Å². The van der Waals surface area contributed by atoms with Crippen molar-refractivity contribution in [1.29, 1.82) is 0 Å². The van der Waals surface area contributed by atoms with Crippen molar-refractivity contribution in [3.8, 4) is 0 Å². The molecule has 0 saturated heterocycles. The van der Waals surface area contributed by atoms with Crippen LogP contribution >= 0.6 is 0 Å². The molecule has 1 aromatic heterocycles. The van der Waals surface area contributed by atoms with Crippen LogP contribution < -0.4 is 0 Å². The van der Waals surface area contributed by atoms with E-state index >= 15 is 0 Å². The number of rotatable bonds is 2. The highest BCUT2D eigenvalue weighted by Gasteiger charge is 2.31. The lowest BCUT2D eigenvalue weighted by Crippen LogP contribution is -2.08. The summed E-state index contributed by atoms with van der Waals surface area (Å²) in [5.41, 5.74) is -1.06. The van der Waals surface area contributed by atoms with Gasteiger partial charge in [0.2, 0.25) is 0 Å². The van der Waals surface area contributed by atoms with Gasteiger partial charge in [-0.1, -0.05) is 6.07 Å². The highest BCUT2D eigenvalue weighted by atomic mass is 19.4. The summed E-state index contributed by atoms with van der Waals surface area (Å²) in [6.45, 7) is 0. The number of aromatic nitrogens is 1. The molecule has 1 unspecified atom stereocenters. The first kappa shape index (κ1) is 14.4. The minimum Gasteiger partial charge on any atom is -0.382 e. The molecule has 0 spiro atoms. The molecule has 0 amide bonds. The predicted molar refractivity (Wildman–Crippen MR) is 59.7 cm³/mol. The molecule has 1 heterocycles. The van der Waals surface area contributed by atoms with Gasteiger partial charge in [0, 0.05) is 6.20 Å². The van der Waals surface area contributed by atoms with Gasteiger partial charge < -0.3 is 5.11 Å². The number of aliphatic hydroxyl groups is 1. The second-order valence-corrected chi connectivity index (χ2v) is 4.05. The first-order valence-corrected chi connectivity index (χ1v) is 5.45. The summed E-state index contributed by atoms with van der Waals surface area (Å²) in [6.07, 6.45) is -5.40. The number of hydrogen-bond acceptors (Lipinski definition) is 2. The fraction of sp³-hybridized carbons (Fsp3) is 0.154. The van der Waals surface area contributed by atoms with Crippen LogP contribution in [-0.4, -0.2) is 10.1 Å². The lowest BCUT2D eigenvalue weighted by Gasteiger charge is -2.12. The van der Waals surface area contributed by atoms with Crippen molar-refractivity contribution in [3.05, 3.63) is 65.0 Å². The zero-order chi connectivity index (χ0) is 14.9. The van der Waals surface area contributed by atoms with Gasteiger partial charge in [0.15, 0.2) is 11.6 Å². The molecule has 2 nitrogen and oxygen atoms in total. The van der Waals surface area contributed by atoms with Gasteiger partial charge in [-0.25, -0.2) is 8.78 Å². The molecule has 1 atom stereocenters. The molecule has 0 bridgehead atoms. The van der Waals surface area contributed by atoms with Crippen LogP contribution in [0.5, 0.6) is 0 Å². The molecule has 1 N–H and O–H groups in total. The van der Waals surface area contributed by atoms with Crippen molar-refractivity contribution in [2.75, 3.05) is 0 Å². The maximum Gasteiger partial charge on any atom is 0.417 e. The highest BCUT2D eigenvalue weighted by molar-refractivity contribution is 5.28. The van der Waals surface area contributed by atoms with Gasteiger partial charge in [-0.05, 0) is 29.8 Å². The molecule has 0 fully saturated rings. The van der Waals surface area contributed by atoms with Gasteiger partial charge in [-0.2, -0.15) is 13.2 Å². The fourth-order valence-corrected chi connectivity index (χ4v) is 1.59. The van der Waals surface area contributed by atoms with Crippen LogP contribution in [0.4, 0.5) is 22.0 Å². The van der Waals surface area contributed by atoms with E-state index in [-0.39, 0.29) is 11.3 Å². The van der Waals surface area contributed by atoms with Crippen LogP contribution in [0.2, 0.25) is 0 Å². The lowest BCUT2D eigenvalue weighted by atomic mass is 10.1. The summed E-state index contributed by atoms with van der Waals surface area (Å²) in [4.78, 5) is 3.49. The van der Waals surface area contributed by atoms with E-state index in [2.05, 4.69) is 4.98 Å². The summed E-state index contributed by atoms with van der Waals surface area (Å²) in [6, 6.07) is 4.44. The van der Waals surface area contributed by atoms with Gasteiger partial charge >= 0.3 is 6.18 Å². The molecule has 20 heavy (non-hydrogen) atoms. The normalized spacial score (nSPS) is 13.3. The van der Waals surface area contributed by atoms with Gasteiger partial charge in [0.1, 0.15) is 6.10 Å². The van der Waals surface area contributed by atoms with Gasteiger partial charge in [0.05, 0.1) is 11.3 Å². The maximum atomic E-state index is 13.0. The summed E-state index contributed by atoms with van der Waals surface area (Å²) in [7, 11) is 0. The number of pyridine rings is 1. The van der Waals surface area contributed by atoms with Crippen LogP contribution in [0, 0.1) is 11.6 Å². The average molecular weight is 289 g/mol. The molecular weight excluding hydrogens is 281 g/mol. The van der Waals surface area contributed by atoms with Crippen LogP contribution in [0.1, 0.15) is 22.9 Å². The maximum absolute atomic E-state index is 13.0. The van der Waals surface area contributed by atoms with Crippen molar-refractivity contribution in [1.82, 2.24) is 4.98 Å². The molecule has 7 heteroatoms. The average Bonchev–Trinajstić information content (AvgIpc) is 2.40. The summed E-state index contributed by atoms with van der Waals surface area (Å²) in [5.74, 6) is -2.24. The van der Waals surface area contributed by atoms with Crippen molar-refractivity contribution < 1.29 is 27.1 Å². The molecular formula is C13H8F5NO. The molecule has 0 aliphatic rings. The van der Waals surface area contributed by atoms with Crippen LogP contribution in [0.3, 0.4) is 0 Å². The first-order valence-electron chi connectivity index (χ1n) is 5.45. The van der Waals surface area contributed by atoms with Crippen LogP contribution in [-0.2, 0) is 6.18 Å². The Morgan fingerprint density at radius 1 is 1.00 bits per heavy atom. The third-order valence-electron chi connectivity index (χ3n) is 2.65.